The molecule has 2 aliphatic rings. The lowest BCUT2D eigenvalue weighted by Gasteiger charge is -2.16. The van der Waals surface area contributed by atoms with Gasteiger partial charge < -0.3 is 0 Å². The molecule has 2 saturated heterocycles. The van der Waals surface area contributed by atoms with E-state index in [1.54, 1.807) is 0 Å². The normalized spacial score (nSPS) is 56.7. The molecule has 4 unspecified atom stereocenters. The molecule has 2 rings (SSSR count). The van der Waals surface area contributed by atoms with Crippen molar-refractivity contribution in [2.24, 2.45) is 0 Å². The van der Waals surface area contributed by atoms with Crippen molar-refractivity contribution in [3.63, 3.8) is 0 Å². The molecule has 2 fully saturated rings. The number of fused-ring (bicyclic) bond motifs is 2. The van der Waals surface area contributed by atoms with Crippen molar-refractivity contribution >= 4 is 35.0 Å². The molecule has 9 heavy (non-hydrogen) atoms. The first-order chi connectivity index (χ1) is 4.27. The van der Waals surface area contributed by atoms with Gasteiger partial charge in [0.05, 0.1) is 0 Å². The van der Waals surface area contributed by atoms with Gasteiger partial charge in [0.2, 0.25) is 0 Å². The van der Waals surface area contributed by atoms with Crippen LogP contribution in [0.25, 0.3) is 0 Å². The number of rotatable bonds is 0. The lowest BCUT2D eigenvalue weighted by molar-refractivity contribution is 0.590. The SMILES string of the molecule is ClC1CC2SC1CC2Cl. The highest BCUT2D eigenvalue weighted by Crippen LogP contribution is 2.50. The Kier molecular flexibility index (Phi) is 1.63. The van der Waals surface area contributed by atoms with Crippen LogP contribution in [0.5, 0.6) is 0 Å². The number of halogens is 2. The molecule has 4 atom stereocenters. The highest BCUT2D eigenvalue weighted by atomic mass is 35.5. The molecule has 0 amide bonds. The Bertz CT molecular complexity index is 110. The Morgan fingerprint density at radius 2 is 1.44 bits per heavy atom. The van der Waals surface area contributed by atoms with Crippen molar-refractivity contribution in [2.75, 3.05) is 0 Å². The Hall–Kier alpha value is 0.930. The molecule has 0 nitrogen and oxygen atoms in total. The van der Waals surface area contributed by atoms with Crippen LogP contribution in [-0.4, -0.2) is 21.3 Å². The third-order valence-electron chi connectivity index (χ3n) is 2.07. The van der Waals surface area contributed by atoms with Crippen LogP contribution in [0.15, 0.2) is 0 Å². The van der Waals surface area contributed by atoms with Crippen LogP contribution in [0.4, 0.5) is 0 Å². The molecule has 0 aromatic carbocycles. The molecule has 0 aromatic rings. The van der Waals surface area contributed by atoms with Gasteiger partial charge in [0, 0.05) is 21.3 Å². The van der Waals surface area contributed by atoms with Crippen molar-refractivity contribution in [1.29, 1.82) is 0 Å². The van der Waals surface area contributed by atoms with Crippen LogP contribution >= 0.6 is 35.0 Å². The van der Waals surface area contributed by atoms with Gasteiger partial charge in [-0.05, 0) is 12.8 Å². The first-order valence-electron chi connectivity index (χ1n) is 3.21. The zero-order valence-corrected chi connectivity index (χ0v) is 7.22. The maximum Gasteiger partial charge on any atom is 0.0466 e. The Labute approximate surface area is 69.3 Å². The van der Waals surface area contributed by atoms with Gasteiger partial charge in [-0.1, -0.05) is 0 Å². The average Bonchev–Trinajstić information content (AvgIpc) is 2.24. The van der Waals surface area contributed by atoms with E-state index in [2.05, 4.69) is 0 Å². The summed E-state index contributed by atoms with van der Waals surface area (Å²) in [5.41, 5.74) is 0. The highest BCUT2D eigenvalue weighted by molar-refractivity contribution is 8.01. The standard InChI is InChI=1S/C6H8Cl2S/c7-3-1-5-4(8)2-6(3)9-5/h3-6H,1-2H2. The van der Waals surface area contributed by atoms with Crippen molar-refractivity contribution < 1.29 is 0 Å². The van der Waals surface area contributed by atoms with Crippen molar-refractivity contribution in [1.82, 2.24) is 0 Å². The maximum absolute atomic E-state index is 5.99. The summed E-state index contributed by atoms with van der Waals surface area (Å²) in [5, 5.41) is 2.16. The van der Waals surface area contributed by atoms with Crippen molar-refractivity contribution in [3.05, 3.63) is 0 Å². The summed E-state index contributed by atoms with van der Waals surface area (Å²) in [6.45, 7) is 0. The molecular weight excluding hydrogens is 175 g/mol. The van der Waals surface area contributed by atoms with E-state index in [1.165, 1.54) is 0 Å². The fraction of sp³-hybridized carbons (Fsp3) is 1.00. The molecular formula is C6H8Cl2S. The molecule has 0 saturated carbocycles. The Balaban J connectivity index is 2.10. The summed E-state index contributed by atoms with van der Waals surface area (Å²) < 4.78 is 0. The maximum atomic E-state index is 5.99. The lowest BCUT2D eigenvalue weighted by Crippen LogP contribution is -2.23. The second kappa shape index (κ2) is 2.21. The minimum absolute atomic E-state index is 0.412. The van der Waals surface area contributed by atoms with Gasteiger partial charge >= 0.3 is 0 Å². The highest BCUT2D eigenvalue weighted by Gasteiger charge is 2.44. The Morgan fingerprint density at radius 3 is 1.67 bits per heavy atom. The fourth-order valence-corrected chi connectivity index (χ4v) is 4.36. The van der Waals surface area contributed by atoms with Crippen LogP contribution in [0.2, 0.25) is 0 Å². The van der Waals surface area contributed by atoms with Gasteiger partial charge in [-0.2, -0.15) is 11.8 Å². The van der Waals surface area contributed by atoms with E-state index in [1.807, 2.05) is 11.8 Å². The molecule has 3 heteroatoms. The van der Waals surface area contributed by atoms with Crippen molar-refractivity contribution in [3.8, 4) is 0 Å². The minimum atomic E-state index is 0.412. The number of thioether (sulfide) groups is 1. The molecule has 2 bridgehead atoms. The third-order valence-corrected chi connectivity index (χ3v) is 5.08. The first kappa shape index (κ1) is 6.63. The predicted octanol–water partition coefficient (Wildman–Crippen LogP) is 2.48. The number of alkyl halides is 2. The summed E-state index contributed by atoms with van der Waals surface area (Å²) in [6.07, 6.45) is 2.26. The van der Waals surface area contributed by atoms with E-state index in [0.717, 1.165) is 12.8 Å². The average molecular weight is 183 g/mol. The van der Waals surface area contributed by atoms with E-state index in [9.17, 15) is 0 Å². The molecule has 0 spiro atoms. The van der Waals surface area contributed by atoms with E-state index in [4.69, 9.17) is 23.2 Å². The summed E-state index contributed by atoms with van der Waals surface area (Å²) in [7, 11) is 0. The molecule has 2 aliphatic heterocycles. The zero-order chi connectivity index (χ0) is 6.43. The molecule has 2 heterocycles. The lowest BCUT2D eigenvalue weighted by atomic mass is 10.00. The van der Waals surface area contributed by atoms with E-state index in [0.29, 0.717) is 21.3 Å². The van der Waals surface area contributed by atoms with Crippen LogP contribution in [0.3, 0.4) is 0 Å². The smallest absolute Gasteiger partial charge is 0.0466 e. The zero-order valence-electron chi connectivity index (χ0n) is 4.89. The first-order valence-corrected chi connectivity index (χ1v) is 5.02. The van der Waals surface area contributed by atoms with Gasteiger partial charge in [-0.3, -0.25) is 0 Å². The molecule has 0 aliphatic carbocycles. The number of hydrogen-bond acceptors (Lipinski definition) is 1. The molecule has 0 aromatic heterocycles. The summed E-state index contributed by atoms with van der Waals surface area (Å²) in [4.78, 5) is 0. The number of hydrogen-bond donors (Lipinski definition) is 0. The monoisotopic (exact) mass is 182 g/mol. The van der Waals surface area contributed by atoms with Gasteiger partial charge in [0.25, 0.3) is 0 Å². The Morgan fingerprint density at radius 1 is 1.00 bits per heavy atom. The van der Waals surface area contributed by atoms with E-state index >= 15 is 0 Å². The fourth-order valence-electron chi connectivity index (χ4n) is 1.55. The summed E-state index contributed by atoms with van der Waals surface area (Å²) in [6, 6.07) is 0. The second-order valence-corrected chi connectivity index (χ2v) is 5.32. The summed E-state index contributed by atoms with van der Waals surface area (Å²) in [5.74, 6) is 0. The van der Waals surface area contributed by atoms with E-state index < -0.39 is 0 Å². The third kappa shape index (κ3) is 0.979. The van der Waals surface area contributed by atoms with Crippen molar-refractivity contribution in [2.45, 2.75) is 34.1 Å². The second-order valence-electron chi connectivity index (χ2n) is 2.72. The van der Waals surface area contributed by atoms with Crippen LogP contribution < -0.4 is 0 Å². The largest absolute Gasteiger partial charge is 0.152 e. The summed E-state index contributed by atoms with van der Waals surface area (Å²) >= 11 is 14.0. The van der Waals surface area contributed by atoms with Gasteiger partial charge in [0.1, 0.15) is 0 Å². The van der Waals surface area contributed by atoms with E-state index in [-0.39, 0.29) is 0 Å². The van der Waals surface area contributed by atoms with Gasteiger partial charge in [0.15, 0.2) is 0 Å². The van der Waals surface area contributed by atoms with Crippen LogP contribution in [-0.2, 0) is 0 Å². The molecule has 0 N–H and O–H groups in total. The van der Waals surface area contributed by atoms with Crippen LogP contribution in [0, 0.1) is 0 Å². The minimum Gasteiger partial charge on any atom is -0.152 e. The molecule has 0 radical (unpaired) electrons. The van der Waals surface area contributed by atoms with Gasteiger partial charge in [-0.25, -0.2) is 0 Å². The molecule has 52 valence electrons. The quantitative estimate of drug-likeness (QED) is 0.520. The topological polar surface area (TPSA) is 0 Å². The predicted molar refractivity (Wildman–Crippen MR) is 43.7 cm³/mol. The van der Waals surface area contributed by atoms with Crippen LogP contribution in [0.1, 0.15) is 12.8 Å². The van der Waals surface area contributed by atoms with Gasteiger partial charge in [-0.15, -0.1) is 23.2 Å².